The highest BCUT2D eigenvalue weighted by Crippen LogP contribution is 2.08. The predicted octanol–water partition coefficient (Wildman–Crippen LogP) is -0.397. The second-order valence-electron chi connectivity index (χ2n) is 4.61. The minimum Gasteiger partial charge on any atom is -0.350 e. The number of nitrogens with one attached hydrogen (secondary N) is 3. The van der Waals surface area contributed by atoms with Gasteiger partial charge in [0.1, 0.15) is 0 Å². The first-order chi connectivity index (χ1) is 7.79. The third kappa shape index (κ3) is 5.99. The summed E-state index contributed by atoms with van der Waals surface area (Å²) in [5.74, 6) is -0.282. The van der Waals surface area contributed by atoms with Crippen molar-refractivity contribution in [2.24, 2.45) is 0 Å². The summed E-state index contributed by atoms with van der Waals surface area (Å²) in [5.41, 5.74) is 0. The fourth-order valence-electron chi connectivity index (χ4n) is 1.92. The van der Waals surface area contributed by atoms with Crippen LogP contribution in [0.2, 0.25) is 0 Å². The van der Waals surface area contributed by atoms with Crippen LogP contribution in [0.25, 0.3) is 0 Å². The Bertz CT molecular complexity index is 375. The highest BCUT2D eigenvalue weighted by molar-refractivity contribution is 7.88. The van der Waals surface area contributed by atoms with Crippen molar-refractivity contribution >= 4 is 28.3 Å². The van der Waals surface area contributed by atoms with Gasteiger partial charge in [-0.15, -0.1) is 12.4 Å². The molecule has 0 spiro atoms. The Labute approximate surface area is 115 Å². The minimum absolute atomic E-state index is 0. The van der Waals surface area contributed by atoms with Crippen LogP contribution in [0.3, 0.4) is 0 Å². The van der Waals surface area contributed by atoms with Gasteiger partial charge in [-0.3, -0.25) is 4.79 Å². The van der Waals surface area contributed by atoms with E-state index in [-0.39, 0.29) is 30.4 Å². The molecule has 0 saturated carbocycles. The lowest BCUT2D eigenvalue weighted by molar-refractivity contribution is -0.123. The average molecular weight is 300 g/mol. The monoisotopic (exact) mass is 299 g/mol. The lowest BCUT2D eigenvalue weighted by atomic mass is 9.99. The Hall–Kier alpha value is -0.370. The maximum absolute atomic E-state index is 11.8. The molecule has 0 aromatic carbocycles. The van der Waals surface area contributed by atoms with Crippen molar-refractivity contribution in [1.82, 2.24) is 15.4 Å². The van der Waals surface area contributed by atoms with Gasteiger partial charge in [-0.25, -0.2) is 13.1 Å². The molecule has 1 amide bonds. The van der Waals surface area contributed by atoms with Crippen LogP contribution in [0.5, 0.6) is 0 Å². The number of carbonyl (C=O) groups is 1. The zero-order valence-corrected chi connectivity index (χ0v) is 12.5. The molecule has 18 heavy (non-hydrogen) atoms. The van der Waals surface area contributed by atoms with E-state index in [0.717, 1.165) is 25.6 Å². The smallest absolute Gasteiger partial charge is 0.238 e. The quantitative estimate of drug-likeness (QED) is 0.659. The van der Waals surface area contributed by atoms with Crippen LogP contribution >= 0.6 is 12.4 Å². The Kier molecular flexibility index (Phi) is 7.13. The number of amides is 1. The van der Waals surface area contributed by atoms with Gasteiger partial charge in [0, 0.05) is 12.1 Å². The first-order valence-electron chi connectivity index (χ1n) is 5.80. The van der Waals surface area contributed by atoms with E-state index >= 15 is 0 Å². The molecule has 0 bridgehead atoms. The van der Waals surface area contributed by atoms with Gasteiger partial charge in [-0.05, 0) is 33.2 Å². The first kappa shape index (κ1) is 17.6. The summed E-state index contributed by atoms with van der Waals surface area (Å²) in [6.45, 7) is 4.51. The van der Waals surface area contributed by atoms with Gasteiger partial charge in [-0.1, -0.05) is 0 Å². The molecule has 3 atom stereocenters. The molecule has 1 saturated heterocycles. The van der Waals surface area contributed by atoms with Crippen LogP contribution in [0, 0.1) is 0 Å². The Balaban J connectivity index is 0.00000289. The molecule has 0 aromatic heterocycles. The molecular formula is C10H22ClN3O3S. The summed E-state index contributed by atoms with van der Waals surface area (Å²) >= 11 is 0. The number of hydrogen-bond donors (Lipinski definition) is 3. The van der Waals surface area contributed by atoms with Gasteiger partial charge in [-0.2, -0.15) is 0 Å². The molecule has 3 N–H and O–H groups in total. The van der Waals surface area contributed by atoms with Crippen LogP contribution in [0.1, 0.15) is 26.7 Å². The lowest BCUT2D eigenvalue weighted by Gasteiger charge is -2.31. The normalized spacial score (nSPS) is 25.9. The third-order valence-electron chi connectivity index (χ3n) is 2.87. The van der Waals surface area contributed by atoms with E-state index in [2.05, 4.69) is 15.4 Å². The maximum atomic E-state index is 11.8. The number of piperidine rings is 1. The summed E-state index contributed by atoms with van der Waals surface area (Å²) in [6, 6.07) is -0.447. The van der Waals surface area contributed by atoms with Crippen LogP contribution < -0.4 is 15.4 Å². The van der Waals surface area contributed by atoms with Crippen molar-refractivity contribution in [2.75, 3.05) is 12.8 Å². The Morgan fingerprint density at radius 1 is 1.44 bits per heavy atom. The highest BCUT2D eigenvalue weighted by atomic mass is 35.5. The maximum Gasteiger partial charge on any atom is 0.238 e. The number of sulfonamides is 1. The molecule has 8 heteroatoms. The van der Waals surface area contributed by atoms with E-state index in [1.54, 1.807) is 0 Å². The van der Waals surface area contributed by atoms with Crippen molar-refractivity contribution in [3.63, 3.8) is 0 Å². The number of carbonyl (C=O) groups excluding carboxylic acids is 1. The lowest BCUT2D eigenvalue weighted by Crippen LogP contribution is -2.55. The minimum atomic E-state index is -3.35. The van der Waals surface area contributed by atoms with Gasteiger partial charge in [0.2, 0.25) is 15.9 Å². The number of hydrogen-bond acceptors (Lipinski definition) is 4. The van der Waals surface area contributed by atoms with Crippen LogP contribution in [-0.4, -0.2) is 45.3 Å². The molecule has 1 aliphatic rings. The second-order valence-corrected chi connectivity index (χ2v) is 6.39. The summed E-state index contributed by atoms with van der Waals surface area (Å²) in [5, 5.41) is 6.13. The van der Waals surface area contributed by atoms with E-state index in [4.69, 9.17) is 0 Å². The highest BCUT2D eigenvalue weighted by Gasteiger charge is 2.25. The van der Waals surface area contributed by atoms with Crippen LogP contribution in [0.4, 0.5) is 0 Å². The van der Waals surface area contributed by atoms with Crippen molar-refractivity contribution in [1.29, 1.82) is 0 Å². The molecule has 1 rings (SSSR count). The van der Waals surface area contributed by atoms with Crippen LogP contribution in [0.15, 0.2) is 0 Å². The molecule has 3 unspecified atom stereocenters. The zero-order valence-electron chi connectivity index (χ0n) is 10.9. The second kappa shape index (κ2) is 7.28. The van der Waals surface area contributed by atoms with Gasteiger partial charge < -0.3 is 10.6 Å². The zero-order chi connectivity index (χ0) is 13.1. The van der Waals surface area contributed by atoms with Crippen molar-refractivity contribution in [3.05, 3.63) is 0 Å². The number of halogens is 1. The summed E-state index contributed by atoms with van der Waals surface area (Å²) in [7, 11) is -3.35. The summed E-state index contributed by atoms with van der Waals surface area (Å²) in [4.78, 5) is 11.8. The molecule has 0 radical (unpaired) electrons. The van der Waals surface area contributed by atoms with Gasteiger partial charge in [0.05, 0.1) is 12.3 Å². The Morgan fingerprint density at radius 2 is 2.06 bits per heavy atom. The fraction of sp³-hybridized carbons (Fsp3) is 0.900. The molecule has 0 aromatic rings. The summed E-state index contributed by atoms with van der Waals surface area (Å²) < 4.78 is 24.3. The molecule has 6 nitrogen and oxygen atoms in total. The predicted molar refractivity (Wildman–Crippen MR) is 73.3 cm³/mol. The molecule has 1 aliphatic heterocycles. The molecule has 0 aliphatic carbocycles. The van der Waals surface area contributed by atoms with Gasteiger partial charge in [0.25, 0.3) is 0 Å². The van der Waals surface area contributed by atoms with E-state index in [9.17, 15) is 13.2 Å². The number of rotatable bonds is 4. The van der Waals surface area contributed by atoms with E-state index < -0.39 is 16.1 Å². The summed E-state index contributed by atoms with van der Waals surface area (Å²) in [6.07, 6.45) is 2.98. The van der Waals surface area contributed by atoms with Crippen LogP contribution in [-0.2, 0) is 14.8 Å². The molecular weight excluding hydrogens is 278 g/mol. The van der Waals surface area contributed by atoms with Crippen molar-refractivity contribution in [2.45, 2.75) is 44.8 Å². The van der Waals surface area contributed by atoms with Crippen molar-refractivity contribution < 1.29 is 13.2 Å². The first-order valence-corrected chi connectivity index (χ1v) is 7.70. The topological polar surface area (TPSA) is 87.3 Å². The van der Waals surface area contributed by atoms with E-state index in [1.165, 1.54) is 6.92 Å². The average Bonchev–Trinajstić information content (AvgIpc) is 2.18. The fourth-order valence-corrected chi connectivity index (χ4v) is 2.67. The SMILES string of the molecule is CC(NS(C)(=O)=O)C(=O)NC1CCCNC1C.Cl. The largest absolute Gasteiger partial charge is 0.350 e. The van der Waals surface area contributed by atoms with E-state index in [1.807, 2.05) is 6.92 Å². The standard InChI is InChI=1S/C10H21N3O3S.ClH/c1-7-9(5-4-6-11-7)12-10(14)8(2)13-17(3,15)16;/h7-9,11,13H,4-6H2,1-3H3,(H,12,14);1H. The molecule has 1 fully saturated rings. The van der Waals surface area contributed by atoms with Gasteiger partial charge >= 0.3 is 0 Å². The molecule has 1 heterocycles. The third-order valence-corrected chi connectivity index (χ3v) is 3.66. The van der Waals surface area contributed by atoms with Gasteiger partial charge in [0.15, 0.2) is 0 Å². The molecule has 108 valence electrons. The van der Waals surface area contributed by atoms with E-state index in [0.29, 0.717) is 0 Å². The Morgan fingerprint density at radius 3 is 2.56 bits per heavy atom. The van der Waals surface area contributed by atoms with Crippen molar-refractivity contribution in [3.8, 4) is 0 Å².